The largest absolute Gasteiger partial charge is 0.411 e. The van der Waals surface area contributed by atoms with Crippen LogP contribution in [0.5, 0.6) is 0 Å². The zero-order valence-corrected chi connectivity index (χ0v) is 13.1. The molecule has 8 heteroatoms. The Kier molecular flexibility index (Phi) is 4.69. The van der Waals surface area contributed by atoms with Crippen molar-refractivity contribution in [3.8, 4) is 0 Å². The van der Waals surface area contributed by atoms with Crippen LogP contribution in [-0.4, -0.2) is 12.4 Å². The predicted octanol–water partition coefficient (Wildman–Crippen LogP) is 5.67. The molecular weight excluding hydrogens is 358 g/mol. The molecule has 0 atom stereocenters. The fourth-order valence-electron chi connectivity index (χ4n) is 2.46. The van der Waals surface area contributed by atoms with Crippen molar-refractivity contribution in [1.29, 1.82) is 0 Å². The summed E-state index contributed by atoms with van der Waals surface area (Å²) in [7, 11) is 0. The van der Waals surface area contributed by atoms with Crippen molar-refractivity contribution in [2.45, 2.75) is 27.6 Å². The molecule has 0 nitrogen and oxygen atoms in total. The molecule has 0 heterocycles. The molecule has 124 valence electrons. The van der Waals surface area contributed by atoms with E-state index in [0.717, 1.165) is 36.4 Å². The lowest BCUT2D eigenvalue weighted by atomic mass is 9.73. The summed E-state index contributed by atoms with van der Waals surface area (Å²) < 4.78 is 82.4. The van der Waals surface area contributed by atoms with E-state index in [1.165, 1.54) is 12.1 Å². The minimum atomic E-state index is -5.60. The molecule has 0 spiro atoms. The Balaban J connectivity index is 2.93. The molecule has 2 rings (SSSR count). The number of thiol groups is 2. The van der Waals surface area contributed by atoms with Crippen LogP contribution >= 0.6 is 25.3 Å². The second kappa shape index (κ2) is 5.98. The van der Waals surface area contributed by atoms with E-state index in [0.29, 0.717) is 0 Å². The topological polar surface area (TPSA) is 0 Å². The first-order chi connectivity index (χ1) is 10.5. The molecule has 0 bridgehead atoms. The van der Waals surface area contributed by atoms with E-state index in [1.54, 1.807) is 0 Å². The van der Waals surface area contributed by atoms with Crippen molar-refractivity contribution in [3.63, 3.8) is 0 Å². The zero-order chi connectivity index (χ0) is 17.5. The summed E-state index contributed by atoms with van der Waals surface area (Å²) >= 11 is 7.72. The first-order valence-corrected chi connectivity index (χ1v) is 7.12. The number of benzene rings is 2. The smallest absolute Gasteiger partial charge is 0.169 e. The predicted molar refractivity (Wildman–Crippen MR) is 80.3 cm³/mol. The van der Waals surface area contributed by atoms with Crippen LogP contribution in [0.1, 0.15) is 11.1 Å². The summed E-state index contributed by atoms with van der Waals surface area (Å²) in [6.45, 7) is 0. The summed E-state index contributed by atoms with van der Waals surface area (Å²) in [5.41, 5.74) is -6.04. The van der Waals surface area contributed by atoms with Crippen LogP contribution in [0, 0.1) is 0 Å². The molecule has 0 aliphatic heterocycles. The summed E-state index contributed by atoms with van der Waals surface area (Å²) in [4.78, 5) is 0.00445. The molecular formula is C15H10F6S2. The van der Waals surface area contributed by atoms with Gasteiger partial charge in [-0.15, -0.1) is 25.3 Å². The molecule has 0 radical (unpaired) electrons. The van der Waals surface area contributed by atoms with Gasteiger partial charge < -0.3 is 0 Å². The van der Waals surface area contributed by atoms with Gasteiger partial charge in [0.25, 0.3) is 0 Å². The van der Waals surface area contributed by atoms with Gasteiger partial charge in [0.2, 0.25) is 5.41 Å². The maximum atomic E-state index is 13.7. The summed E-state index contributed by atoms with van der Waals surface area (Å²) in [6.07, 6.45) is -11.2. The van der Waals surface area contributed by atoms with Crippen LogP contribution in [0.2, 0.25) is 0 Å². The third-order valence-electron chi connectivity index (χ3n) is 3.41. The highest BCUT2D eigenvalue weighted by atomic mass is 32.1. The molecule has 0 unspecified atom stereocenters. The number of hydrogen-bond donors (Lipinski definition) is 2. The van der Waals surface area contributed by atoms with Crippen LogP contribution in [0.3, 0.4) is 0 Å². The van der Waals surface area contributed by atoms with E-state index in [4.69, 9.17) is 0 Å². The minimum Gasteiger partial charge on any atom is -0.169 e. The number of alkyl halides is 6. The van der Waals surface area contributed by atoms with Crippen molar-refractivity contribution < 1.29 is 26.3 Å². The van der Waals surface area contributed by atoms with E-state index in [1.807, 2.05) is 0 Å². The molecule has 0 aliphatic rings. The summed E-state index contributed by atoms with van der Waals surface area (Å²) in [5.74, 6) is 0. The molecule has 0 saturated carbocycles. The van der Waals surface area contributed by atoms with Crippen molar-refractivity contribution in [2.24, 2.45) is 0 Å². The Hall–Kier alpha value is -1.28. The SMILES string of the molecule is FC(F)(F)C(c1cccc(S)c1)(c1cccc(S)c1)C(F)(F)F. The summed E-state index contributed by atoms with van der Waals surface area (Å²) in [5, 5.41) is 0. The van der Waals surface area contributed by atoms with E-state index < -0.39 is 28.9 Å². The maximum absolute atomic E-state index is 13.7. The second-order valence-corrected chi connectivity index (χ2v) is 5.88. The molecule has 23 heavy (non-hydrogen) atoms. The van der Waals surface area contributed by atoms with Crippen LogP contribution in [-0.2, 0) is 5.41 Å². The quantitative estimate of drug-likeness (QED) is 0.495. The number of rotatable bonds is 2. The Morgan fingerprint density at radius 2 is 0.957 bits per heavy atom. The third-order valence-corrected chi connectivity index (χ3v) is 3.97. The normalized spacial score (nSPS) is 13.2. The highest BCUT2D eigenvalue weighted by molar-refractivity contribution is 7.80. The van der Waals surface area contributed by atoms with E-state index in [9.17, 15) is 26.3 Å². The first-order valence-electron chi connectivity index (χ1n) is 6.22. The Morgan fingerprint density at radius 1 is 0.609 bits per heavy atom. The fraction of sp³-hybridized carbons (Fsp3) is 0.200. The monoisotopic (exact) mass is 368 g/mol. The van der Waals surface area contributed by atoms with Crippen LogP contribution < -0.4 is 0 Å². The zero-order valence-electron chi connectivity index (χ0n) is 11.3. The van der Waals surface area contributed by atoms with Gasteiger partial charge in [-0.2, -0.15) is 26.3 Å². The summed E-state index contributed by atoms with van der Waals surface area (Å²) in [6, 6.07) is 7.96. The molecule has 2 aromatic carbocycles. The molecule has 0 fully saturated rings. The third kappa shape index (κ3) is 3.06. The highest BCUT2D eigenvalue weighted by Crippen LogP contribution is 2.56. The van der Waals surface area contributed by atoms with Crippen LogP contribution in [0.15, 0.2) is 58.3 Å². The maximum Gasteiger partial charge on any atom is 0.411 e. The minimum absolute atomic E-state index is 0.00223. The lowest BCUT2D eigenvalue weighted by Crippen LogP contribution is -2.54. The van der Waals surface area contributed by atoms with Gasteiger partial charge in [-0.05, 0) is 35.4 Å². The molecule has 0 saturated heterocycles. The molecule has 0 aliphatic carbocycles. The Morgan fingerprint density at radius 3 is 1.22 bits per heavy atom. The number of halogens is 6. The van der Waals surface area contributed by atoms with Gasteiger partial charge >= 0.3 is 12.4 Å². The fourth-order valence-corrected chi connectivity index (χ4v) is 2.91. The molecule has 2 aromatic rings. The average Bonchev–Trinajstić information content (AvgIpc) is 2.36. The van der Waals surface area contributed by atoms with Crippen molar-refractivity contribution in [1.82, 2.24) is 0 Å². The van der Waals surface area contributed by atoms with Crippen molar-refractivity contribution >= 4 is 25.3 Å². The van der Waals surface area contributed by atoms with Gasteiger partial charge in [-0.1, -0.05) is 24.3 Å². The van der Waals surface area contributed by atoms with Gasteiger partial charge in [0.1, 0.15) is 0 Å². The van der Waals surface area contributed by atoms with Gasteiger partial charge in [0, 0.05) is 9.79 Å². The van der Waals surface area contributed by atoms with Gasteiger partial charge in [0.15, 0.2) is 0 Å². The van der Waals surface area contributed by atoms with Gasteiger partial charge in [0.05, 0.1) is 0 Å². The lowest BCUT2D eigenvalue weighted by molar-refractivity contribution is -0.288. The van der Waals surface area contributed by atoms with E-state index in [2.05, 4.69) is 25.3 Å². The van der Waals surface area contributed by atoms with Crippen molar-refractivity contribution in [3.05, 3.63) is 59.7 Å². The first kappa shape index (κ1) is 18.1. The van der Waals surface area contributed by atoms with Crippen LogP contribution in [0.25, 0.3) is 0 Å². The molecule has 0 N–H and O–H groups in total. The van der Waals surface area contributed by atoms with E-state index >= 15 is 0 Å². The Bertz CT molecular complexity index is 644. The highest BCUT2D eigenvalue weighted by Gasteiger charge is 2.72. The Labute approximate surface area is 139 Å². The average molecular weight is 368 g/mol. The molecule has 0 aromatic heterocycles. The number of hydrogen-bond acceptors (Lipinski definition) is 2. The standard InChI is InChI=1S/C15H10F6S2/c16-14(17,18)13(15(19,20)21,9-3-1-5-11(22)7-9)10-4-2-6-12(23)8-10/h1-8,22-23H. The van der Waals surface area contributed by atoms with Crippen LogP contribution in [0.4, 0.5) is 26.3 Å². The van der Waals surface area contributed by atoms with E-state index in [-0.39, 0.29) is 9.79 Å². The van der Waals surface area contributed by atoms with Gasteiger partial charge in [-0.3, -0.25) is 0 Å². The molecule has 0 amide bonds. The lowest BCUT2D eigenvalue weighted by Gasteiger charge is -2.38. The van der Waals surface area contributed by atoms with Crippen molar-refractivity contribution in [2.75, 3.05) is 0 Å². The van der Waals surface area contributed by atoms with Gasteiger partial charge in [-0.25, -0.2) is 0 Å². The second-order valence-electron chi connectivity index (χ2n) is 4.85.